The molecule has 2 N–H and O–H groups in total. The Bertz CT molecular complexity index is 728. The zero-order valence-corrected chi connectivity index (χ0v) is 14.4. The van der Waals surface area contributed by atoms with Crippen molar-refractivity contribution in [3.63, 3.8) is 0 Å². The minimum Gasteiger partial charge on any atom is -0.341 e. The molecule has 0 bridgehead atoms. The molecule has 1 fully saturated rings. The van der Waals surface area contributed by atoms with E-state index >= 15 is 0 Å². The Morgan fingerprint density at radius 3 is 2.40 bits per heavy atom. The summed E-state index contributed by atoms with van der Waals surface area (Å²) in [6.07, 6.45) is 1.53. The van der Waals surface area contributed by atoms with E-state index in [1.807, 2.05) is 49.4 Å². The zero-order chi connectivity index (χ0) is 17.6. The van der Waals surface area contributed by atoms with Gasteiger partial charge in [-0.05, 0) is 36.6 Å². The molecule has 2 aromatic rings. The van der Waals surface area contributed by atoms with Crippen LogP contribution in [0.5, 0.6) is 0 Å². The van der Waals surface area contributed by atoms with Gasteiger partial charge in [-0.1, -0.05) is 42.5 Å². The maximum absolute atomic E-state index is 12.1. The standard InChI is InChI=1S/C20H23N3O2/c1-15(14-23-13-5-8-19(23)24)21-20(25)22-18-11-9-17(10-12-18)16-6-3-2-4-7-16/h2-4,6-7,9-12,15H,5,8,13-14H2,1H3,(H2,21,22,25)/t15-/m1/s1. The monoisotopic (exact) mass is 337 g/mol. The van der Waals surface area contributed by atoms with Crippen LogP contribution in [0.4, 0.5) is 10.5 Å². The third-order valence-electron chi connectivity index (χ3n) is 4.29. The van der Waals surface area contributed by atoms with Crippen LogP contribution in [0.1, 0.15) is 19.8 Å². The van der Waals surface area contributed by atoms with E-state index < -0.39 is 0 Å². The molecule has 130 valence electrons. The number of benzene rings is 2. The lowest BCUT2D eigenvalue weighted by molar-refractivity contribution is -0.127. The van der Waals surface area contributed by atoms with Crippen LogP contribution in [-0.4, -0.2) is 36.0 Å². The van der Waals surface area contributed by atoms with Gasteiger partial charge in [0, 0.05) is 31.2 Å². The number of hydrogen-bond donors (Lipinski definition) is 2. The van der Waals surface area contributed by atoms with Crippen LogP contribution in [0.15, 0.2) is 54.6 Å². The first-order valence-corrected chi connectivity index (χ1v) is 8.62. The Balaban J connectivity index is 1.51. The van der Waals surface area contributed by atoms with Gasteiger partial charge in [-0.3, -0.25) is 4.79 Å². The number of nitrogens with one attached hydrogen (secondary N) is 2. The summed E-state index contributed by atoms with van der Waals surface area (Å²) in [6, 6.07) is 17.5. The number of carbonyl (C=O) groups is 2. The molecule has 5 nitrogen and oxygen atoms in total. The second-order valence-corrected chi connectivity index (χ2v) is 6.39. The number of anilines is 1. The minimum atomic E-state index is -0.258. The van der Waals surface area contributed by atoms with Gasteiger partial charge in [-0.15, -0.1) is 0 Å². The van der Waals surface area contributed by atoms with Gasteiger partial charge < -0.3 is 15.5 Å². The first-order chi connectivity index (χ1) is 12.1. The Morgan fingerprint density at radius 1 is 1.08 bits per heavy atom. The summed E-state index contributed by atoms with van der Waals surface area (Å²) in [5.41, 5.74) is 2.98. The van der Waals surface area contributed by atoms with E-state index in [0.29, 0.717) is 13.0 Å². The average Bonchev–Trinajstić information content (AvgIpc) is 3.01. The van der Waals surface area contributed by atoms with Crippen LogP contribution in [-0.2, 0) is 4.79 Å². The molecule has 0 aliphatic carbocycles. The molecule has 2 aromatic carbocycles. The number of nitrogens with zero attached hydrogens (tertiary/aromatic N) is 1. The molecule has 3 amide bonds. The molecule has 0 spiro atoms. The zero-order valence-electron chi connectivity index (χ0n) is 14.4. The smallest absolute Gasteiger partial charge is 0.319 e. The van der Waals surface area contributed by atoms with Crippen LogP contribution >= 0.6 is 0 Å². The third-order valence-corrected chi connectivity index (χ3v) is 4.29. The lowest BCUT2D eigenvalue weighted by Gasteiger charge is -2.21. The maximum Gasteiger partial charge on any atom is 0.319 e. The first-order valence-electron chi connectivity index (χ1n) is 8.62. The van der Waals surface area contributed by atoms with Crippen molar-refractivity contribution in [2.75, 3.05) is 18.4 Å². The van der Waals surface area contributed by atoms with Crippen molar-refractivity contribution < 1.29 is 9.59 Å². The fourth-order valence-corrected chi connectivity index (χ4v) is 3.04. The van der Waals surface area contributed by atoms with E-state index in [9.17, 15) is 9.59 Å². The molecule has 5 heteroatoms. The van der Waals surface area contributed by atoms with Crippen molar-refractivity contribution in [1.29, 1.82) is 0 Å². The van der Waals surface area contributed by atoms with E-state index in [4.69, 9.17) is 0 Å². The van der Waals surface area contributed by atoms with Crippen LogP contribution in [0.3, 0.4) is 0 Å². The highest BCUT2D eigenvalue weighted by Gasteiger charge is 2.22. The topological polar surface area (TPSA) is 61.4 Å². The normalized spacial score (nSPS) is 15.1. The highest BCUT2D eigenvalue weighted by molar-refractivity contribution is 5.89. The maximum atomic E-state index is 12.1. The summed E-state index contributed by atoms with van der Waals surface area (Å²) in [5, 5.41) is 5.71. The first kappa shape index (κ1) is 17.0. The van der Waals surface area contributed by atoms with Crippen LogP contribution in [0.2, 0.25) is 0 Å². The Labute approximate surface area is 148 Å². The van der Waals surface area contributed by atoms with Gasteiger partial charge in [0.1, 0.15) is 0 Å². The van der Waals surface area contributed by atoms with Gasteiger partial charge in [-0.2, -0.15) is 0 Å². The average molecular weight is 337 g/mol. The summed E-state index contributed by atoms with van der Waals surface area (Å²) in [7, 11) is 0. The SMILES string of the molecule is C[C@H](CN1CCCC1=O)NC(=O)Nc1ccc(-c2ccccc2)cc1. The molecule has 25 heavy (non-hydrogen) atoms. The number of hydrogen-bond acceptors (Lipinski definition) is 2. The molecule has 0 unspecified atom stereocenters. The van der Waals surface area contributed by atoms with Gasteiger partial charge in [0.25, 0.3) is 0 Å². The molecule has 3 rings (SSSR count). The molecule has 1 aliphatic heterocycles. The highest BCUT2D eigenvalue weighted by atomic mass is 16.2. The van der Waals surface area contributed by atoms with E-state index in [2.05, 4.69) is 22.8 Å². The quantitative estimate of drug-likeness (QED) is 0.877. The van der Waals surface area contributed by atoms with Crippen molar-refractivity contribution in [2.45, 2.75) is 25.8 Å². The predicted octanol–water partition coefficient (Wildman–Crippen LogP) is 3.49. The molecule has 1 heterocycles. The lowest BCUT2D eigenvalue weighted by Crippen LogP contribution is -2.44. The Hall–Kier alpha value is -2.82. The van der Waals surface area contributed by atoms with Crippen LogP contribution < -0.4 is 10.6 Å². The van der Waals surface area contributed by atoms with E-state index in [0.717, 1.165) is 29.8 Å². The molecule has 0 aromatic heterocycles. The Morgan fingerprint density at radius 2 is 1.76 bits per heavy atom. The van der Waals surface area contributed by atoms with Gasteiger partial charge in [0.15, 0.2) is 0 Å². The second kappa shape index (κ2) is 7.83. The summed E-state index contributed by atoms with van der Waals surface area (Å²) in [5.74, 6) is 0.172. The summed E-state index contributed by atoms with van der Waals surface area (Å²) < 4.78 is 0. The fraction of sp³-hybridized carbons (Fsp3) is 0.300. The van der Waals surface area contributed by atoms with Gasteiger partial charge in [-0.25, -0.2) is 4.79 Å². The third kappa shape index (κ3) is 4.59. The number of carbonyl (C=O) groups excluding carboxylic acids is 2. The van der Waals surface area contributed by atoms with E-state index in [-0.39, 0.29) is 18.0 Å². The summed E-state index contributed by atoms with van der Waals surface area (Å²) in [6.45, 7) is 3.25. The molecule has 0 radical (unpaired) electrons. The Kier molecular flexibility index (Phi) is 5.33. The van der Waals surface area contributed by atoms with Crippen molar-refractivity contribution in [2.24, 2.45) is 0 Å². The largest absolute Gasteiger partial charge is 0.341 e. The molecular weight excluding hydrogens is 314 g/mol. The predicted molar refractivity (Wildman–Crippen MR) is 99.3 cm³/mol. The summed E-state index contributed by atoms with van der Waals surface area (Å²) >= 11 is 0. The number of rotatable bonds is 5. The van der Waals surface area contributed by atoms with Crippen molar-refractivity contribution in [1.82, 2.24) is 10.2 Å². The number of likely N-dealkylation sites (tertiary alicyclic amines) is 1. The van der Waals surface area contributed by atoms with Crippen molar-refractivity contribution in [3.8, 4) is 11.1 Å². The molecule has 1 aliphatic rings. The van der Waals surface area contributed by atoms with Gasteiger partial charge in [0.2, 0.25) is 5.91 Å². The molecule has 1 atom stereocenters. The van der Waals surface area contributed by atoms with E-state index in [1.165, 1.54) is 0 Å². The fourth-order valence-electron chi connectivity index (χ4n) is 3.04. The molecular formula is C20H23N3O2. The molecule has 1 saturated heterocycles. The lowest BCUT2D eigenvalue weighted by atomic mass is 10.1. The van der Waals surface area contributed by atoms with Crippen molar-refractivity contribution >= 4 is 17.6 Å². The second-order valence-electron chi connectivity index (χ2n) is 6.39. The minimum absolute atomic E-state index is 0.0920. The van der Waals surface area contributed by atoms with Crippen molar-refractivity contribution in [3.05, 3.63) is 54.6 Å². The van der Waals surface area contributed by atoms with E-state index in [1.54, 1.807) is 4.90 Å². The summed E-state index contributed by atoms with van der Waals surface area (Å²) in [4.78, 5) is 25.5. The highest BCUT2D eigenvalue weighted by Crippen LogP contribution is 2.20. The number of urea groups is 1. The van der Waals surface area contributed by atoms with Crippen LogP contribution in [0.25, 0.3) is 11.1 Å². The molecule has 0 saturated carbocycles. The van der Waals surface area contributed by atoms with Gasteiger partial charge >= 0.3 is 6.03 Å². The van der Waals surface area contributed by atoms with Crippen LogP contribution in [0, 0.1) is 0 Å². The number of amides is 3. The van der Waals surface area contributed by atoms with Gasteiger partial charge in [0.05, 0.1) is 0 Å².